The van der Waals surface area contributed by atoms with Gasteiger partial charge in [0.05, 0.1) is 11.8 Å². The number of H-pyrrole nitrogens is 1. The highest BCUT2D eigenvalue weighted by Crippen LogP contribution is 2.23. The predicted octanol–water partition coefficient (Wildman–Crippen LogP) is 2.71. The molecule has 0 saturated carbocycles. The number of hydrogen-bond donors (Lipinski definition) is 1. The average molecular weight is 304 g/mol. The molecular formula is C13H7ClFN5O. The molecular weight excluding hydrogens is 297 g/mol. The lowest BCUT2D eigenvalue weighted by Gasteiger charge is -2.01. The minimum Gasteiger partial charge on any atom is -0.334 e. The normalized spacial score (nSPS) is 10.5. The maximum Gasteiger partial charge on any atom is 0.262 e. The minimum atomic E-state index is -0.435. The van der Waals surface area contributed by atoms with E-state index >= 15 is 0 Å². The van der Waals surface area contributed by atoms with E-state index < -0.39 is 5.82 Å². The monoisotopic (exact) mass is 303 g/mol. The van der Waals surface area contributed by atoms with Crippen molar-refractivity contribution in [1.29, 1.82) is 5.26 Å². The van der Waals surface area contributed by atoms with Gasteiger partial charge < -0.3 is 4.52 Å². The Morgan fingerprint density at radius 1 is 1.43 bits per heavy atom. The third kappa shape index (κ3) is 2.49. The SMILES string of the molecule is N#Cc1[nH]ncc1-c1nc(Cc2c(F)cccc2Cl)no1. The van der Waals surface area contributed by atoms with Gasteiger partial charge in [0.15, 0.2) is 5.82 Å². The second-order valence-electron chi connectivity index (χ2n) is 4.16. The van der Waals surface area contributed by atoms with Gasteiger partial charge in [0, 0.05) is 17.0 Å². The average Bonchev–Trinajstić information content (AvgIpc) is 3.11. The van der Waals surface area contributed by atoms with Crippen molar-refractivity contribution in [3.8, 4) is 17.5 Å². The van der Waals surface area contributed by atoms with Crippen LogP contribution in [0.3, 0.4) is 0 Å². The third-order valence-corrected chi connectivity index (χ3v) is 3.20. The van der Waals surface area contributed by atoms with E-state index in [-0.39, 0.29) is 23.8 Å². The Morgan fingerprint density at radius 3 is 3.05 bits per heavy atom. The number of rotatable bonds is 3. The molecule has 104 valence electrons. The van der Waals surface area contributed by atoms with Crippen molar-refractivity contribution in [2.24, 2.45) is 0 Å². The molecule has 0 spiro atoms. The first-order valence-corrected chi connectivity index (χ1v) is 6.26. The maximum atomic E-state index is 13.7. The molecule has 0 saturated heterocycles. The number of nitriles is 1. The molecule has 8 heteroatoms. The smallest absolute Gasteiger partial charge is 0.262 e. The summed E-state index contributed by atoms with van der Waals surface area (Å²) in [5, 5.41) is 19.2. The summed E-state index contributed by atoms with van der Waals surface area (Å²) in [7, 11) is 0. The van der Waals surface area contributed by atoms with Crippen molar-refractivity contribution < 1.29 is 8.91 Å². The van der Waals surface area contributed by atoms with Crippen molar-refractivity contribution in [2.75, 3.05) is 0 Å². The topological polar surface area (TPSA) is 91.4 Å². The molecule has 21 heavy (non-hydrogen) atoms. The van der Waals surface area contributed by atoms with Crippen LogP contribution in [0.15, 0.2) is 28.9 Å². The van der Waals surface area contributed by atoms with Crippen LogP contribution < -0.4 is 0 Å². The molecule has 0 aliphatic rings. The van der Waals surface area contributed by atoms with Gasteiger partial charge in [-0.3, -0.25) is 5.10 Å². The quantitative estimate of drug-likeness (QED) is 0.803. The number of aromatic nitrogens is 4. The molecule has 0 amide bonds. The first-order chi connectivity index (χ1) is 10.2. The lowest BCUT2D eigenvalue weighted by atomic mass is 10.1. The first-order valence-electron chi connectivity index (χ1n) is 5.88. The van der Waals surface area contributed by atoms with Crippen molar-refractivity contribution in [3.05, 3.63) is 52.3 Å². The van der Waals surface area contributed by atoms with Crippen LogP contribution in [0.4, 0.5) is 4.39 Å². The van der Waals surface area contributed by atoms with Crippen LogP contribution in [0, 0.1) is 17.1 Å². The lowest BCUT2D eigenvalue weighted by molar-refractivity contribution is 0.423. The number of halogens is 2. The van der Waals surface area contributed by atoms with E-state index in [0.717, 1.165) is 0 Å². The summed E-state index contributed by atoms with van der Waals surface area (Å²) in [4.78, 5) is 4.12. The first kappa shape index (κ1) is 13.3. The second kappa shape index (κ2) is 5.34. The molecule has 0 aliphatic carbocycles. The molecule has 3 rings (SSSR count). The fourth-order valence-corrected chi connectivity index (χ4v) is 2.06. The molecule has 2 heterocycles. The van der Waals surface area contributed by atoms with Crippen molar-refractivity contribution in [2.45, 2.75) is 6.42 Å². The summed E-state index contributed by atoms with van der Waals surface area (Å²) in [5.41, 5.74) is 0.907. The van der Waals surface area contributed by atoms with Gasteiger partial charge in [-0.2, -0.15) is 15.3 Å². The Hall–Kier alpha value is -2.72. The highest BCUT2D eigenvalue weighted by atomic mass is 35.5. The fraction of sp³-hybridized carbons (Fsp3) is 0.0769. The fourth-order valence-electron chi connectivity index (χ4n) is 1.83. The van der Waals surface area contributed by atoms with E-state index in [4.69, 9.17) is 21.4 Å². The van der Waals surface area contributed by atoms with Crippen LogP contribution in [-0.4, -0.2) is 20.3 Å². The summed E-state index contributed by atoms with van der Waals surface area (Å²) in [5.74, 6) is -0.0280. The van der Waals surface area contributed by atoms with E-state index in [1.54, 1.807) is 6.07 Å². The Balaban J connectivity index is 1.91. The van der Waals surface area contributed by atoms with Gasteiger partial charge in [0.1, 0.15) is 17.6 Å². The zero-order chi connectivity index (χ0) is 14.8. The van der Waals surface area contributed by atoms with Gasteiger partial charge in [-0.05, 0) is 12.1 Å². The second-order valence-corrected chi connectivity index (χ2v) is 4.57. The van der Waals surface area contributed by atoms with Crippen LogP contribution in [0.1, 0.15) is 17.1 Å². The molecule has 6 nitrogen and oxygen atoms in total. The van der Waals surface area contributed by atoms with E-state index in [1.807, 2.05) is 6.07 Å². The highest BCUT2D eigenvalue weighted by Gasteiger charge is 2.17. The molecule has 0 atom stereocenters. The molecule has 0 bridgehead atoms. The number of hydrogen-bond acceptors (Lipinski definition) is 5. The van der Waals surface area contributed by atoms with Crippen LogP contribution in [0.25, 0.3) is 11.5 Å². The Morgan fingerprint density at radius 2 is 2.29 bits per heavy atom. The molecule has 3 aromatic rings. The molecule has 1 N–H and O–H groups in total. The van der Waals surface area contributed by atoms with Gasteiger partial charge in [-0.1, -0.05) is 22.8 Å². The number of benzene rings is 1. The molecule has 0 unspecified atom stereocenters. The lowest BCUT2D eigenvalue weighted by Crippen LogP contribution is -1.96. The molecule has 2 aromatic heterocycles. The predicted molar refractivity (Wildman–Crippen MR) is 70.8 cm³/mol. The minimum absolute atomic E-state index is 0.0920. The largest absolute Gasteiger partial charge is 0.334 e. The maximum absolute atomic E-state index is 13.7. The Bertz CT molecular complexity index is 815. The van der Waals surface area contributed by atoms with E-state index in [0.29, 0.717) is 16.1 Å². The number of nitrogens with one attached hydrogen (secondary N) is 1. The number of aromatic amines is 1. The van der Waals surface area contributed by atoms with E-state index in [1.165, 1.54) is 18.3 Å². The molecule has 0 fully saturated rings. The standard InChI is InChI=1S/C13H7ClFN5O/c14-9-2-1-3-10(15)7(9)4-12-18-13(21-20-12)8-6-17-19-11(8)5-16/h1-3,6H,4H2,(H,17,19). The van der Waals surface area contributed by atoms with E-state index in [2.05, 4.69) is 20.3 Å². The molecule has 1 aromatic carbocycles. The molecule has 0 radical (unpaired) electrons. The van der Waals surface area contributed by atoms with E-state index in [9.17, 15) is 4.39 Å². The zero-order valence-corrected chi connectivity index (χ0v) is 11.2. The Labute approximate surface area is 123 Å². The zero-order valence-electron chi connectivity index (χ0n) is 10.5. The Kier molecular flexibility index (Phi) is 3.38. The van der Waals surface area contributed by atoms with Crippen molar-refractivity contribution in [3.63, 3.8) is 0 Å². The highest BCUT2D eigenvalue weighted by molar-refractivity contribution is 6.31. The summed E-state index contributed by atoms with van der Waals surface area (Å²) in [6.07, 6.45) is 1.50. The van der Waals surface area contributed by atoms with Gasteiger partial charge >= 0.3 is 0 Å². The third-order valence-electron chi connectivity index (χ3n) is 2.85. The number of nitrogens with zero attached hydrogens (tertiary/aromatic N) is 4. The summed E-state index contributed by atoms with van der Waals surface area (Å²) >= 11 is 5.95. The summed E-state index contributed by atoms with van der Waals surface area (Å²) in [6.45, 7) is 0. The van der Waals surface area contributed by atoms with Gasteiger partial charge in [0.2, 0.25) is 0 Å². The molecule has 0 aliphatic heterocycles. The van der Waals surface area contributed by atoms with Crippen LogP contribution in [0.2, 0.25) is 5.02 Å². The summed E-state index contributed by atoms with van der Waals surface area (Å²) in [6, 6.07) is 6.35. The van der Waals surface area contributed by atoms with Crippen LogP contribution in [0.5, 0.6) is 0 Å². The van der Waals surface area contributed by atoms with Gasteiger partial charge in [-0.25, -0.2) is 4.39 Å². The van der Waals surface area contributed by atoms with Gasteiger partial charge in [0.25, 0.3) is 5.89 Å². The van der Waals surface area contributed by atoms with Crippen LogP contribution in [-0.2, 0) is 6.42 Å². The summed E-state index contributed by atoms with van der Waals surface area (Å²) < 4.78 is 18.8. The van der Waals surface area contributed by atoms with Crippen LogP contribution >= 0.6 is 11.6 Å². The van der Waals surface area contributed by atoms with Gasteiger partial charge in [-0.15, -0.1) is 0 Å². The van der Waals surface area contributed by atoms with Crippen molar-refractivity contribution >= 4 is 11.6 Å². The van der Waals surface area contributed by atoms with Crippen molar-refractivity contribution in [1.82, 2.24) is 20.3 Å².